The van der Waals surface area contributed by atoms with Crippen LogP contribution in [0.2, 0.25) is 5.02 Å². The first-order chi connectivity index (χ1) is 9.90. The molecular weight excluding hydrogens is 292 g/mol. The maximum absolute atomic E-state index is 12.2. The zero-order valence-electron chi connectivity index (χ0n) is 11.2. The van der Waals surface area contributed by atoms with E-state index in [0.29, 0.717) is 16.1 Å². The topological polar surface area (TPSA) is 92.4 Å². The predicted molar refractivity (Wildman–Crippen MR) is 82.0 cm³/mol. The molecule has 0 aliphatic heterocycles. The average molecular weight is 305 g/mol. The minimum absolute atomic E-state index is 0.0628. The molecule has 0 radical (unpaired) electrons. The van der Waals surface area contributed by atoms with Gasteiger partial charge in [0.1, 0.15) is 0 Å². The maximum Gasteiger partial charge on any atom is 0.338 e. The van der Waals surface area contributed by atoms with Crippen LogP contribution in [0.3, 0.4) is 0 Å². The van der Waals surface area contributed by atoms with Crippen molar-refractivity contribution in [3.05, 3.63) is 58.1 Å². The number of nitrogens with two attached hydrogens (primary N) is 1. The summed E-state index contributed by atoms with van der Waals surface area (Å²) in [6.45, 7) is 1.67. The number of carbonyl (C=O) groups excluding carboxylic acids is 1. The largest absolute Gasteiger partial charge is 0.478 e. The summed E-state index contributed by atoms with van der Waals surface area (Å²) < 4.78 is 0. The molecule has 2 aromatic rings. The lowest BCUT2D eigenvalue weighted by atomic mass is 10.1. The molecule has 21 heavy (non-hydrogen) atoms. The van der Waals surface area contributed by atoms with Crippen molar-refractivity contribution in [2.45, 2.75) is 6.92 Å². The minimum Gasteiger partial charge on any atom is -0.478 e. The minimum atomic E-state index is -1.10. The molecule has 5 nitrogen and oxygen atoms in total. The molecule has 4 N–H and O–H groups in total. The number of anilines is 2. The van der Waals surface area contributed by atoms with E-state index in [4.69, 9.17) is 17.3 Å². The molecule has 6 heteroatoms. The van der Waals surface area contributed by atoms with Gasteiger partial charge in [0.05, 0.1) is 22.0 Å². The van der Waals surface area contributed by atoms with Gasteiger partial charge in [-0.25, -0.2) is 4.79 Å². The van der Waals surface area contributed by atoms with E-state index in [2.05, 4.69) is 5.32 Å². The van der Waals surface area contributed by atoms with Crippen LogP contribution < -0.4 is 11.1 Å². The Hall–Kier alpha value is -2.53. The number of aryl methyl sites for hydroxylation is 1. The fourth-order valence-corrected chi connectivity index (χ4v) is 2.05. The Morgan fingerprint density at radius 3 is 2.57 bits per heavy atom. The number of hydrogen-bond acceptors (Lipinski definition) is 3. The maximum atomic E-state index is 12.2. The van der Waals surface area contributed by atoms with Crippen LogP contribution in [-0.4, -0.2) is 17.0 Å². The van der Waals surface area contributed by atoms with Gasteiger partial charge in [-0.3, -0.25) is 4.79 Å². The monoisotopic (exact) mass is 304 g/mol. The number of rotatable bonds is 3. The summed E-state index contributed by atoms with van der Waals surface area (Å²) in [5, 5.41) is 12.2. The Bertz CT molecular complexity index is 729. The molecule has 0 spiro atoms. The highest BCUT2D eigenvalue weighted by atomic mass is 35.5. The highest BCUT2D eigenvalue weighted by Crippen LogP contribution is 2.23. The molecule has 0 aromatic heterocycles. The van der Waals surface area contributed by atoms with Crippen molar-refractivity contribution >= 4 is 34.9 Å². The number of nitrogen functional groups attached to an aromatic ring is 1. The first kappa shape index (κ1) is 14.9. The lowest BCUT2D eigenvalue weighted by molar-refractivity contribution is 0.0697. The fourth-order valence-electron chi connectivity index (χ4n) is 1.94. The van der Waals surface area contributed by atoms with E-state index in [0.717, 1.165) is 0 Å². The third-order valence-corrected chi connectivity index (χ3v) is 3.34. The summed E-state index contributed by atoms with van der Waals surface area (Å²) in [7, 11) is 0. The molecule has 0 atom stereocenters. The number of carboxylic acid groups (broad SMARTS) is 1. The Balaban J connectivity index is 2.34. The van der Waals surface area contributed by atoms with Crippen LogP contribution in [0.1, 0.15) is 26.3 Å². The zero-order chi connectivity index (χ0) is 15.6. The molecule has 2 rings (SSSR count). The van der Waals surface area contributed by atoms with E-state index >= 15 is 0 Å². The summed E-state index contributed by atoms with van der Waals surface area (Å²) in [4.78, 5) is 23.4. The van der Waals surface area contributed by atoms with Crippen LogP contribution >= 0.6 is 11.6 Å². The van der Waals surface area contributed by atoms with Crippen LogP contribution in [0, 0.1) is 6.92 Å². The van der Waals surface area contributed by atoms with E-state index in [1.54, 1.807) is 19.1 Å². The Morgan fingerprint density at radius 2 is 1.95 bits per heavy atom. The Kier molecular flexibility index (Phi) is 4.14. The van der Waals surface area contributed by atoms with Gasteiger partial charge in [0, 0.05) is 5.56 Å². The van der Waals surface area contributed by atoms with E-state index in [1.807, 2.05) is 0 Å². The number of amides is 1. The summed E-state index contributed by atoms with van der Waals surface area (Å²) in [6, 6.07) is 9.35. The van der Waals surface area contributed by atoms with Crippen molar-refractivity contribution in [1.29, 1.82) is 0 Å². The molecule has 0 fully saturated rings. The normalized spacial score (nSPS) is 10.2. The standard InChI is InChI=1S/C15H13ClN2O3/c1-8-3-2-4-12(13(8)15(20)21)18-14(19)9-5-6-10(16)11(17)7-9/h2-7H,17H2,1H3,(H,18,19)(H,20,21). The highest BCUT2D eigenvalue weighted by Gasteiger charge is 2.16. The molecule has 108 valence electrons. The molecular formula is C15H13ClN2O3. The second-order valence-electron chi connectivity index (χ2n) is 4.49. The van der Waals surface area contributed by atoms with Gasteiger partial charge in [-0.15, -0.1) is 0 Å². The summed E-state index contributed by atoms with van der Waals surface area (Å²) >= 11 is 5.80. The molecule has 0 unspecified atom stereocenters. The van der Waals surface area contributed by atoms with Crippen molar-refractivity contribution in [3.63, 3.8) is 0 Å². The molecule has 1 amide bonds. The number of hydrogen-bond donors (Lipinski definition) is 3. The van der Waals surface area contributed by atoms with E-state index in [9.17, 15) is 14.7 Å². The van der Waals surface area contributed by atoms with Crippen molar-refractivity contribution in [1.82, 2.24) is 0 Å². The van der Waals surface area contributed by atoms with Crippen molar-refractivity contribution in [2.24, 2.45) is 0 Å². The van der Waals surface area contributed by atoms with Crippen LogP contribution in [-0.2, 0) is 0 Å². The number of aromatic carboxylic acids is 1. The summed E-state index contributed by atoms with van der Waals surface area (Å²) in [6.07, 6.45) is 0. The SMILES string of the molecule is Cc1cccc(NC(=O)c2ccc(Cl)c(N)c2)c1C(=O)O. The molecule has 0 aliphatic carbocycles. The fraction of sp³-hybridized carbons (Fsp3) is 0.0667. The second-order valence-corrected chi connectivity index (χ2v) is 4.90. The zero-order valence-corrected chi connectivity index (χ0v) is 11.9. The van der Waals surface area contributed by atoms with Crippen LogP contribution in [0.5, 0.6) is 0 Å². The number of carbonyl (C=O) groups is 2. The van der Waals surface area contributed by atoms with Gasteiger partial charge in [0.2, 0.25) is 0 Å². The van der Waals surface area contributed by atoms with Gasteiger partial charge < -0.3 is 16.2 Å². The van der Waals surface area contributed by atoms with Crippen LogP contribution in [0.15, 0.2) is 36.4 Å². The highest BCUT2D eigenvalue weighted by molar-refractivity contribution is 6.33. The first-order valence-corrected chi connectivity index (χ1v) is 6.47. The van der Waals surface area contributed by atoms with Gasteiger partial charge in [-0.1, -0.05) is 23.7 Å². The van der Waals surface area contributed by atoms with Crippen LogP contribution in [0.4, 0.5) is 11.4 Å². The smallest absolute Gasteiger partial charge is 0.338 e. The van der Waals surface area contributed by atoms with E-state index in [-0.39, 0.29) is 16.9 Å². The number of nitrogens with one attached hydrogen (secondary N) is 1. The molecule has 0 aliphatic rings. The predicted octanol–water partition coefficient (Wildman–Crippen LogP) is 3.18. The third-order valence-electron chi connectivity index (χ3n) is 2.99. The van der Waals surface area contributed by atoms with Crippen molar-refractivity contribution < 1.29 is 14.7 Å². The summed E-state index contributed by atoms with van der Waals surface area (Å²) in [5.41, 5.74) is 7.10. The Morgan fingerprint density at radius 1 is 1.24 bits per heavy atom. The average Bonchev–Trinajstić information content (AvgIpc) is 2.41. The lowest BCUT2D eigenvalue weighted by Crippen LogP contribution is -2.15. The van der Waals surface area contributed by atoms with Crippen molar-refractivity contribution in [2.75, 3.05) is 11.1 Å². The Labute approximate surface area is 126 Å². The van der Waals surface area contributed by atoms with Gasteiger partial charge in [0.15, 0.2) is 0 Å². The number of carboxylic acids is 1. The summed E-state index contributed by atoms with van der Waals surface area (Å²) in [5.74, 6) is -1.55. The lowest BCUT2D eigenvalue weighted by Gasteiger charge is -2.11. The van der Waals surface area contributed by atoms with Gasteiger partial charge in [0.25, 0.3) is 5.91 Å². The number of halogens is 1. The molecule has 0 saturated carbocycles. The quantitative estimate of drug-likeness (QED) is 0.759. The van der Waals surface area contributed by atoms with Crippen LogP contribution in [0.25, 0.3) is 0 Å². The number of benzene rings is 2. The van der Waals surface area contributed by atoms with E-state index < -0.39 is 11.9 Å². The van der Waals surface area contributed by atoms with Gasteiger partial charge >= 0.3 is 5.97 Å². The third kappa shape index (κ3) is 3.14. The molecule has 2 aromatic carbocycles. The molecule has 0 heterocycles. The van der Waals surface area contributed by atoms with Crippen molar-refractivity contribution in [3.8, 4) is 0 Å². The first-order valence-electron chi connectivity index (χ1n) is 6.09. The molecule has 0 saturated heterocycles. The van der Waals surface area contributed by atoms with E-state index in [1.165, 1.54) is 24.3 Å². The second kappa shape index (κ2) is 5.85. The molecule has 0 bridgehead atoms. The van der Waals surface area contributed by atoms with Gasteiger partial charge in [-0.05, 0) is 36.8 Å². The van der Waals surface area contributed by atoms with Gasteiger partial charge in [-0.2, -0.15) is 0 Å².